The summed E-state index contributed by atoms with van der Waals surface area (Å²) in [5.74, 6) is 0.801. The molecule has 2 nitrogen and oxygen atoms in total. The van der Waals surface area contributed by atoms with Gasteiger partial charge in [0.1, 0.15) is 61.7 Å². The summed E-state index contributed by atoms with van der Waals surface area (Å²) in [5, 5.41) is 9.45. The normalized spacial score (nSPS) is 11.9. The summed E-state index contributed by atoms with van der Waals surface area (Å²) < 4.78 is 12.7. The van der Waals surface area contributed by atoms with E-state index in [-0.39, 0.29) is 16.4 Å². The predicted molar refractivity (Wildman–Crippen MR) is 245 cm³/mol. The van der Waals surface area contributed by atoms with E-state index in [9.17, 15) is 0 Å². The van der Waals surface area contributed by atoms with E-state index in [1.807, 2.05) is 42.5 Å². The van der Waals surface area contributed by atoms with Gasteiger partial charge in [-0.25, -0.2) is 0 Å². The summed E-state index contributed by atoms with van der Waals surface area (Å²) in [6.07, 6.45) is 0. The summed E-state index contributed by atoms with van der Waals surface area (Å²) in [5.41, 5.74) is 10.7. The van der Waals surface area contributed by atoms with Crippen LogP contribution in [0.25, 0.3) is 110 Å². The molecule has 57 heavy (non-hydrogen) atoms. The third-order valence-corrected chi connectivity index (χ3v) is 11.6. The van der Waals surface area contributed by atoms with Gasteiger partial charge in [0.05, 0.1) is 0 Å². The van der Waals surface area contributed by atoms with Crippen molar-refractivity contribution in [2.75, 3.05) is 0 Å². The number of fused-ring (bicyclic) bond motifs is 7. The molecule has 10 radical (unpaired) electrons. The van der Waals surface area contributed by atoms with Crippen molar-refractivity contribution in [3.05, 3.63) is 152 Å². The van der Waals surface area contributed by atoms with Gasteiger partial charge in [-0.15, -0.1) is 16.4 Å². The van der Waals surface area contributed by atoms with Gasteiger partial charge in [-0.2, -0.15) is 0 Å². The molecule has 7 heteroatoms. The van der Waals surface area contributed by atoms with Gasteiger partial charge in [-0.1, -0.05) is 132 Å². The highest BCUT2D eigenvalue weighted by Crippen LogP contribution is 2.46. The van der Waals surface area contributed by atoms with Crippen LogP contribution in [0.2, 0.25) is 0 Å². The fourth-order valence-corrected chi connectivity index (χ4v) is 8.91. The maximum Gasteiger partial charge on any atom is 0.136 e. The number of furan rings is 2. The minimum Gasteiger partial charge on any atom is -0.456 e. The quantitative estimate of drug-likeness (QED) is 0.135. The van der Waals surface area contributed by atoms with Crippen molar-refractivity contribution in [3.8, 4) is 44.7 Å². The average molecular weight is 712 g/mol. The van der Waals surface area contributed by atoms with Crippen molar-refractivity contribution < 1.29 is 8.83 Å². The Morgan fingerprint density at radius 3 is 1.51 bits per heavy atom. The van der Waals surface area contributed by atoms with Crippen LogP contribution in [-0.4, -0.2) is 39.2 Å². The highest BCUT2D eigenvalue weighted by Gasteiger charge is 2.22. The Morgan fingerprint density at radius 1 is 0.316 bits per heavy atom. The number of benzene rings is 9. The summed E-state index contributed by atoms with van der Waals surface area (Å²) in [6, 6.07) is 52.5. The lowest BCUT2D eigenvalue weighted by molar-refractivity contribution is 0.632. The van der Waals surface area contributed by atoms with E-state index in [2.05, 4.69) is 109 Å². The number of hydrogen-bond acceptors (Lipinski definition) is 2. The molecule has 0 aliphatic rings. The molecule has 0 unspecified atom stereocenters. The maximum absolute atomic E-state index is 6.72. The largest absolute Gasteiger partial charge is 0.456 e. The van der Waals surface area contributed by atoms with Gasteiger partial charge in [-0.3, -0.25) is 0 Å². The molecule has 0 aliphatic carbocycles. The Kier molecular flexibility index (Phi) is 7.53. The Hall–Kier alpha value is -6.58. The SMILES string of the molecule is [B]c1c([B])c([B])c(-c2c3ccccc3c(-c3cccc4c(-c5ccc6oc(-c7cccc8oc9ccccc9c78)cc6c5)cccc34)c3ccccc23)c([B])c1[B]. The monoisotopic (exact) mass is 712 g/mol. The van der Waals surface area contributed by atoms with Crippen LogP contribution in [0.3, 0.4) is 0 Å². The van der Waals surface area contributed by atoms with E-state index in [4.69, 9.17) is 48.1 Å². The zero-order valence-electron chi connectivity index (χ0n) is 30.6. The maximum atomic E-state index is 6.72. The van der Waals surface area contributed by atoms with Crippen LogP contribution in [0.4, 0.5) is 0 Å². The van der Waals surface area contributed by atoms with Crippen LogP contribution < -0.4 is 27.3 Å². The molecule has 0 saturated carbocycles. The molecule has 0 saturated heterocycles. The van der Waals surface area contributed by atoms with E-state index in [1.165, 1.54) is 0 Å². The minimum absolute atomic E-state index is 0.193. The van der Waals surface area contributed by atoms with Crippen molar-refractivity contribution in [3.63, 3.8) is 0 Å². The van der Waals surface area contributed by atoms with E-state index in [0.717, 1.165) is 104 Å². The molecule has 0 spiro atoms. The molecule has 0 aliphatic heterocycles. The van der Waals surface area contributed by atoms with Crippen molar-refractivity contribution in [2.45, 2.75) is 0 Å². The van der Waals surface area contributed by atoms with E-state index >= 15 is 0 Å². The van der Waals surface area contributed by atoms with Gasteiger partial charge >= 0.3 is 0 Å². The standard InChI is InChI=1S/C50H25B5O2/c51-46-45(47(52)49(54)50(55)48(46)53)44-34-12-3-1-10-32(34)42(33-11-2-4-13-35(33)44)31-18-8-16-29-28(15-7-17-30(29)31)26-22-23-38-27(24-26)25-41(56-38)37-19-9-21-40-43(37)36-14-5-6-20-39(36)57-40/h1-25H. The number of rotatable bonds is 4. The second kappa shape index (κ2) is 12.7. The first kappa shape index (κ1) is 33.7. The predicted octanol–water partition coefficient (Wildman–Crippen LogP) is 8.43. The van der Waals surface area contributed by atoms with Crippen molar-refractivity contribution in [2.24, 2.45) is 0 Å². The second-order valence-corrected chi connectivity index (χ2v) is 14.6. The molecule has 0 bridgehead atoms. The van der Waals surface area contributed by atoms with Crippen molar-refractivity contribution >= 4 is 132 Å². The van der Waals surface area contributed by atoms with Gasteiger partial charge in [-0.05, 0) is 96.0 Å². The average Bonchev–Trinajstić information content (AvgIpc) is 3.86. The van der Waals surface area contributed by atoms with Crippen LogP contribution in [0, 0.1) is 0 Å². The molecule has 0 atom stereocenters. The summed E-state index contributed by atoms with van der Waals surface area (Å²) in [6.45, 7) is 0. The van der Waals surface area contributed by atoms with Crippen LogP contribution in [0.1, 0.15) is 0 Å². The molecule has 2 aromatic heterocycles. The fourth-order valence-electron chi connectivity index (χ4n) is 8.91. The number of para-hydroxylation sites is 1. The molecule has 11 aromatic rings. The molecule has 0 N–H and O–H groups in total. The molecule has 9 aromatic carbocycles. The van der Waals surface area contributed by atoms with Gasteiger partial charge in [0.25, 0.3) is 0 Å². The van der Waals surface area contributed by atoms with Crippen LogP contribution in [-0.2, 0) is 0 Å². The highest BCUT2D eigenvalue weighted by atomic mass is 16.3. The van der Waals surface area contributed by atoms with Crippen molar-refractivity contribution in [1.82, 2.24) is 0 Å². The summed E-state index contributed by atoms with van der Waals surface area (Å²) in [4.78, 5) is 0. The fraction of sp³-hybridized carbons (Fsp3) is 0. The topological polar surface area (TPSA) is 26.3 Å². The Labute approximate surface area is 335 Å². The summed E-state index contributed by atoms with van der Waals surface area (Å²) >= 11 is 0. The van der Waals surface area contributed by atoms with Crippen LogP contribution >= 0.6 is 0 Å². The van der Waals surface area contributed by atoms with Gasteiger partial charge in [0.15, 0.2) is 0 Å². The zero-order chi connectivity index (χ0) is 38.5. The molecule has 0 amide bonds. The highest BCUT2D eigenvalue weighted by molar-refractivity contribution is 6.69. The molecule has 252 valence electrons. The van der Waals surface area contributed by atoms with Crippen LogP contribution in [0.5, 0.6) is 0 Å². The lowest BCUT2D eigenvalue weighted by Gasteiger charge is -2.25. The molecular weight excluding hydrogens is 687 g/mol. The Morgan fingerprint density at radius 2 is 0.825 bits per heavy atom. The third-order valence-electron chi connectivity index (χ3n) is 11.6. The first-order valence-electron chi connectivity index (χ1n) is 18.8. The van der Waals surface area contributed by atoms with Crippen LogP contribution in [0.15, 0.2) is 160 Å². The lowest BCUT2D eigenvalue weighted by Crippen LogP contribution is -2.55. The number of hydrogen-bond donors (Lipinski definition) is 0. The Balaban J connectivity index is 1.10. The van der Waals surface area contributed by atoms with E-state index in [0.29, 0.717) is 16.5 Å². The Bertz CT molecular complexity index is 3400. The smallest absolute Gasteiger partial charge is 0.136 e. The van der Waals surface area contributed by atoms with Gasteiger partial charge < -0.3 is 8.83 Å². The zero-order valence-corrected chi connectivity index (χ0v) is 30.6. The van der Waals surface area contributed by atoms with E-state index in [1.54, 1.807) is 0 Å². The third kappa shape index (κ3) is 4.98. The second-order valence-electron chi connectivity index (χ2n) is 14.6. The van der Waals surface area contributed by atoms with Crippen molar-refractivity contribution in [1.29, 1.82) is 0 Å². The van der Waals surface area contributed by atoms with Gasteiger partial charge in [0.2, 0.25) is 0 Å². The molecular formula is C50H25B5O2. The van der Waals surface area contributed by atoms with E-state index < -0.39 is 0 Å². The lowest BCUT2D eigenvalue weighted by atomic mass is 9.59. The van der Waals surface area contributed by atoms with Gasteiger partial charge in [0, 0.05) is 21.7 Å². The molecule has 2 heterocycles. The minimum atomic E-state index is 0.193. The summed E-state index contributed by atoms with van der Waals surface area (Å²) in [7, 11) is 32.5. The first-order chi connectivity index (χ1) is 27.9. The molecule has 0 fully saturated rings. The first-order valence-corrected chi connectivity index (χ1v) is 18.8. The molecule has 11 rings (SSSR count).